The van der Waals surface area contributed by atoms with Crippen molar-refractivity contribution in [3.8, 4) is 0 Å². The lowest BCUT2D eigenvalue weighted by Crippen LogP contribution is -2.35. The molecule has 0 aromatic heterocycles. The molecule has 4 heteroatoms. The third-order valence-electron chi connectivity index (χ3n) is 1.61. The van der Waals surface area contributed by atoms with E-state index in [-0.39, 0.29) is 12.0 Å². The number of carbonyl (C=O) groups is 1. The number of aliphatic hydroxyl groups is 1. The molecule has 10 heavy (non-hydrogen) atoms. The molecular weight excluding hydrogens is 134 g/mol. The summed E-state index contributed by atoms with van der Waals surface area (Å²) < 4.78 is 4.47. The molecule has 58 valence electrons. The van der Waals surface area contributed by atoms with Crippen molar-refractivity contribution < 1.29 is 14.6 Å². The molecule has 1 heterocycles. The molecule has 0 bridgehead atoms. The minimum Gasteiger partial charge on any atom is -0.468 e. The maximum Gasteiger partial charge on any atom is 0.322 e. The Balaban J connectivity index is 2.37. The fourth-order valence-electron chi connectivity index (χ4n) is 1.05. The van der Waals surface area contributed by atoms with E-state index in [0.29, 0.717) is 12.8 Å². The molecule has 0 spiro atoms. The Morgan fingerprint density at radius 2 is 2.40 bits per heavy atom. The second kappa shape index (κ2) is 2.98. The van der Waals surface area contributed by atoms with E-state index in [4.69, 9.17) is 5.11 Å². The van der Waals surface area contributed by atoms with Gasteiger partial charge < -0.3 is 9.84 Å². The van der Waals surface area contributed by atoms with Gasteiger partial charge in [-0.3, -0.25) is 10.1 Å². The van der Waals surface area contributed by atoms with Crippen molar-refractivity contribution in [3.63, 3.8) is 0 Å². The summed E-state index contributed by atoms with van der Waals surface area (Å²) in [7, 11) is 1.34. The number of nitrogens with one attached hydrogen (secondary N) is 1. The fourth-order valence-corrected chi connectivity index (χ4v) is 1.05. The molecule has 1 aliphatic rings. The topological polar surface area (TPSA) is 58.6 Å². The van der Waals surface area contributed by atoms with E-state index in [0.717, 1.165) is 0 Å². The molecule has 0 aromatic carbocycles. The van der Waals surface area contributed by atoms with Crippen molar-refractivity contribution in [2.45, 2.75) is 25.1 Å². The fraction of sp³-hybridized carbons (Fsp3) is 0.833. The highest BCUT2D eigenvalue weighted by atomic mass is 16.5. The Labute approximate surface area is 59.2 Å². The second-order valence-electron chi connectivity index (χ2n) is 2.34. The van der Waals surface area contributed by atoms with Crippen LogP contribution in [0.2, 0.25) is 0 Å². The first-order chi connectivity index (χ1) is 4.74. The molecule has 1 saturated heterocycles. The Morgan fingerprint density at radius 1 is 1.70 bits per heavy atom. The van der Waals surface area contributed by atoms with Crippen molar-refractivity contribution in [2.75, 3.05) is 7.11 Å². The van der Waals surface area contributed by atoms with Gasteiger partial charge in [-0.05, 0) is 12.8 Å². The van der Waals surface area contributed by atoms with E-state index in [1.807, 2.05) is 0 Å². The molecular formula is C6H11NO3. The third kappa shape index (κ3) is 1.46. The molecule has 1 aliphatic heterocycles. The van der Waals surface area contributed by atoms with Crippen LogP contribution in [0.5, 0.6) is 0 Å². The smallest absolute Gasteiger partial charge is 0.322 e. The summed E-state index contributed by atoms with van der Waals surface area (Å²) in [6.07, 6.45) is 0.747. The van der Waals surface area contributed by atoms with Gasteiger partial charge in [0.05, 0.1) is 7.11 Å². The number of carbonyl (C=O) groups excluding carboxylic acids is 1. The lowest BCUT2D eigenvalue weighted by molar-refractivity contribution is -0.143. The normalized spacial score (nSPS) is 32.2. The van der Waals surface area contributed by atoms with E-state index in [1.165, 1.54) is 7.11 Å². The van der Waals surface area contributed by atoms with Crippen LogP contribution in [0.25, 0.3) is 0 Å². The zero-order chi connectivity index (χ0) is 7.56. The van der Waals surface area contributed by atoms with Gasteiger partial charge in [-0.25, -0.2) is 0 Å². The van der Waals surface area contributed by atoms with E-state index in [9.17, 15) is 4.79 Å². The van der Waals surface area contributed by atoms with Crippen LogP contribution < -0.4 is 5.32 Å². The van der Waals surface area contributed by atoms with Crippen molar-refractivity contribution in [3.05, 3.63) is 0 Å². The minimum absolute atomic E-state index is 0.295. The van der Waals surface area contributed by atoms with Crippen LogP contribution in [0.15, 0.2) is 0 Å². The summed E-state index contributed by atoms with van der Waals surface area (Å²) >= 11 is 0. The van der Waals surface area contributed by atoms with E-state index in [1.54, 1.807) is 0 Å². The number of rotatable bonds is 1. The number of aliphatic hydroxyl groups excluding tert-OH is 1. The maximum absolute atomic E-state index is 10.8. The Morgan fingerprint density at radius 3 is 2.80 bits per heavy atom. The van der Waals surface area contributed by atoms with Gasteiger partial charge in [-0.2, -0.15) is 0 Å². The highest BCUT2D eigenvalue weighted by Gasteiger charge is 2.27. The van der Waals surface area contributed by atoms with Gasteiger partial charge in [0, 0.05) is 0 Å². The standard InChI is InChI=1S/C6H11NO3/c1-10-6(9)4-2-3-5(8)7-4/h4-5,7-8H,2-3H2,1H3/t4?,5-/m1/s1. The molecule has 0 aliphatic carbocycles. The predicted octanol–water partition coefficient (Wildman–Crippen LogP) is -0.770. The van der Waals surface area contributed by atoms with Gasteiger partial charge in [-0.1, -0.05) is 0 Å². The first kappa shape index (κ1) is 7.50. The summed E-state index contributed by atoms with van der Waals surface area (Å²) in [4.78, 5) is 10.8. The highest BCUT2D eigenvalue weighted by Crippen LogP contribution is 2.10. The Hall–Kier alpha value is -0.610. The maximum atomic E-state index is 10.8. The quantitative estimate of drug-likeness (QED) is 0.476. The Bertz CT molecular complexity index is 137. The number of esters is 1. The summed E-state index contributed by atoms with van der Waals surface area (Å²) in [5.41, 5.74) is 0. The summed E-state index contributed by atoms with van der Waals surface area (Å²) in [5, 5.41) is 11.6. The molecule has 0 radical (unpaired) electrons. The van der Waals surface area contributed by atoms with Crippen LogP contribution in [0.1, 0.15) is 12.8 Å². The van der Waals surface area contributed by atoms with Crippen LogP contribution >= 0.6 is 0 Å². The van der Waals surface area contributed by atoms with Gasteiger partial charge in [0.15, 0.2) is 0 Å². The first-order valence-electron chi connectivity index (χ1n) is 3.26. The van der Waals surface area contributed by atoms with Gasteiger partial charge in [0.2, 0.25) is 0 Å². The predicted molar refractivity (Wildman–Crippen MR) is 34.2 cm³/mol. The Kier molecular flexibility index (Phi) is 2.24. The molecule has 1 unspecified atom stereocenters. The zero-order valence-electron chi connectivity index (χ0n) is 5.83. The van der Waals surface area contributed by atoms with Gasteiger partial charge >= 0.3 is 5.97 Å². The van der Waals surface area contributed by atoms with Crippen LogP contribution in [0.4, 0.5) is 0 Å². The molecule has 0 amide bonds. The van der Waals surface area contributed by atoms with Gasteiger partial charge in [-0.15, -0.1) is 0 Å². The average molecular weight is 145 g/mol. The lowest BCUT2D eigenvalue weighted by Gasteiger charge is -2.07. The minimum atomic E-state index is -0.538. The molecule has 1 rings (SSSR count). The van der Waals surface area contributed by atoms with E-state index < -0.39 is 6.23 Å². The molecule has 2 N–H and O–H groups in total. The summed E-state index contributed by atoms with van der Waals surface area (Å²) in [6.45, 7) is 0. The molecule has 0 aromatic rings. The molecule has 0 saturated carbocycles. The monoisotopic (exact) mass is 145 g/mol. The van der Waals surface area contributed by atoms with Crippen LogP contribution in [-0.4, -0.2) is 30.5 Å². The second-order valence-corrected chi connectivity index (χ2v) is 2.34. The first-order valence-corrected chi connectivity index (χ1v) is 3.26. The summed E-state index contributed by atoms with van der Waals surface area (Å²) in [6, 6.07) is -0.306. The van der Waals surface area contributed by atoms with Crippen molar-refractivity contribution in [1.82, 2.24) is 5.32 Å². The molecule has 4 nitrogen and oxygen atoms in total. The van der Waals surface area contributed by atoms with Gasteiger partial charge in [0.1, 0.15) is 12.3 Å². The van der Waals surface area contributed by atoms with Gasteiger partial charge in [0.25, 0.3) is 0 Å². The van der Waals surface area contributed by atoms with Crippen molar-refractivity contribution >= 4 is 5.97 Å². The number of hydrogen-bond donors (Lipinski definition) is 2. The van der Waals surface area contributed by atoms with E-state index in [2.05, 4.69) is 10.1 Å². The third-order valence-corrected chi connectivity index (χ3v) is 1.61. The summed E-state index contributed by atoms with van der Waals surface area (Å²) in [5.74, 6) is -0.295. The van der Waals surface area contributed by atoms with E-state index >= 15 is 0 Å². The van der Waals surface area contributed by atoms with Crippen LogP contribution in [0, 0.1) is 0 Å². The number of hydrogen-bond acceptors (Lipinski definition) is 4. The molecule has 1 fully saturated rings. The zero-order valence-corrected chi connectivity index (χ0v) is 5.83. The van der Waals surface area contributed by atoms with Crippen molar-refractivity contribution in [1.29, 1.82) is 0 Å². The number of methoxy groups -OCH3 is 1. The van der Waals surface area contributed by atoms with Crippen LogP contribution in [-0.2, 0) is 9.53 Å². The van der Waals surface area contributed by atoms with Crippen LogP contribution in [0.3, 0.4) is 0 Å². The molecule has 2 atom stereocenters. The lowest BCUT2D eigenvalue weighted by atomic mass is 10.2. The van der Waals surface area contributed by atoms with Crippen molar-refractivity contribution in [2.24, 2.45) is 0 Å². The number of ether oxygens (including phenoxy) is 1. The average Bonchev–Trinajstić information content (AvgIpc) is 2.34. The highest BCUT2D eigenvalue weighted by molar-refractivity contribution is 5.75. The largest absolute Gasteiger partial charge is 0.468 e. The SMILES string of the molecule is COC(=O)C1CC[C@@H](O)N1.